The minimum Gasteiger partial charge on any atom is -0.396 e. The van der Waals surface area contributed by atoms with Gasteiger partial charge in [-0.2, -0.15) is 5.10 Å². The highest BCUT2D eigenvalue weighted by Gasteiger charge is 2.36. The minimum absolute atomic E-state index is 0.147. The van der Waals surface area contributed by atoms with E-state index in [1.165, 1.54) is 6.42 Å². The molecule has 1 aliphatic rings. The van der Waals surface area contributed by atoms with Gasteiger partial charge in [-0.1, -0.05) is 13.3 Å². The van der Waals surface area contributed by atoms with Crippen LogP contribution in [0.3, 0.4) is 0 Å². The Hall–Kier alpha value is -0.830. The third-order valence-corrected chi connectivity index (χ3v) is 4.01. The van der Waals surface area contributed by atoms with Crippen molar-refractivity contribution in [3.63, 3.8) is 0 Å². The minimum atomic E-state index is 0.147. The molecule has 1 saturated carbocycles. The molecule has 1 fully saturated rings. The first kappa shape index (κ1) is 11.6. The van der Waals surface area contributed by atoms with Crippen LogP contribution in [0, 0.1) is 5.41 Å². The van der Waals surface area contributed by atoms with E-state index < -0.39 is 0 Å². The summed E-state index contributed by atoms with van der Waals surface area (Å²) in [5.74, 6) is 0. The first-order chi connectivity index (χ1) is 7.69. The summed E-state index contributed by atoms with van der Waals surface area (Å²) < 4.78 is 2.04. The zero-order valence-electron chi connectivity index (χ0n) is 10.3. The lowest BCUT2D eigenvalue weighted by atomic mass is 9.67. The molecular formula is C13H22N2O. The Kier molecular flexibility index (Phi) is 3.33. The average molecular weight is 222 g/mol. The number of hydrogen-bond acceptors (Lipinski definition) is 2. The van der Waals surface area contributed by atoms with Crippen molar-refractivity contribution >= 4 is 0 Å². The van der Waals surface area contributed by atoms with E-state index in [0.29, 0.717) is 12.6 Å². The molecular weight excluding hydrogens is 200 g/mol. The average Bonchev–Trinajstić information content (AvgIpc) is 2.70. The van der Waals surface area contributed by atoms with E-state index in [2.05, 4.69) is 31.2 Å². The van der Waals surface area contributed by atoms with Gasteiger partial charge in [0.2, 0.25) is 0 Å². The van der Waals surface area contributed by atoms with Crippen LogP contribution in [0.15, 0.2) is 12.3 Å². The third-order valence-electron chi connectivity index (χ3n) is 4.01. The molecule has 0 spiro atoms. The fourth-order valence-electron chi connectivity index (χ4n) is 2.36. The van der Waals surface area contributed by atoms with E-state index in [1.807, 2.05) is 4.68 Å². The molecule has 1 heterocycles. The van der Waals surface area contributed by atoms with Gasteiger partial charge in [-0.15, -0.1) is 0 Å². The summed E-state index contributed by atoms with van der Waals surface area (Å²) in [6, 6.07) is 2.57. The van der Waals surface area contributed by atoms with Crippen molar-refractivity contribution in [2.24, 2.45) is 5.41 Å². The van der Waals surface area contributed by atoms with Gasteiger partial charge in [0, 0.05) is 18.8 Å². The fraction of sp³-hybridized carbons (Fsp3) is 0.769. The van der Waals surface area contributed by atoms with Gasteiger partial charge in [0.15, 0.2) is 0 Å². The number of hydrogen-bond donors (Lipinski definition) is 1. The second-order valence-corrected chi connectivity index (χ2v) is 5.23. The van der Waals surface area contributed by atoms with Crippen LogP contribution in [-0.2, 0) is 6.42 Å². The molecule has 3 nitrogen and oxygen atoms in total. The Morgan fingerprint density at radius 1 is 1.56 bits per heavy atom. The van der Waals surface area contributed by atoms with Crippen LogP contribution < -0.4 is 0 Å². The second kappa shape index (κ2) is 4.58. The molecule has 0 bridgehead atoms. The fourth-order valence-corrected chi connectivity index (χ4v) is 2.36. The molecule has 90 valence electrons. The lowest BCUT2D eigenvalue weighted by Gasteiger charge is -2.39. The Morgan fingerprint density at radius 2 is 2.31 bits per heavy atom. The Balaban J connectivity index is 2.02. The van der Waals surface area contributed by atoms with E-state index in [1.54, 1.807) is 0 Å². The summed E-state index contributed by atoms with van der Waals surface area (Å²) in [6.07, 6.45) is 7.67. The van der Waals surface area contributed by atoms with Crippen LogP contribution in [0.1, 0.15) is 51.3 Å². The molecule has 3 heteroatoms. The van der Waals surface area contributed by atoms with Gasteiger partial charge in [0.05, 0.1) is 5.69 Å². The second-order valence-electron chi connectivity index (χ2n) is 5.23. The molecule has 1 unspecified atom stereocenters. The summed E-state index contributed by atoms with van der Waals surface area (Å²) in [6.45, 7) is 4.66. The molecule has 1 aliphatic carbocycles. The van der Waals surface area contributed by atoms with E-state index >= 15 is 0 Å². The molecule has 1 atom stereocenters. The number of rotatable bonds is 5. The highest BCUT2D eigenvalue weighted by Crippen LogP contribution is 2.42. The number of nitrogens with zero attached hydrogens (tertiary/aromatic N) is 2. The maximum Gasteiger partial charge on any atom is 0.0631 e. The number of aromatic nitrogens is 2. The van der Waals surface area contributed by atoms with Crippen LogP contribution in [0.4, 0.5) is 0 Å². The summed E-state index contributed by atoms with van der Waals surface area (Å²) in [5.41, 5.74) is 1.28. The number of aliphatic hydroxyl groups is 1. The van der Waals surface area contributed by atoms with Gasteiger partial charge in [-0.3, -0.25) is 4.68 Å². The summed E-state index contributed by atoms with van der Waals surface area (Å²) >= 11 is 0. The molecule has 2 rings (SSSR count). The quantitative estimate of drug-likeness (QED) is 0.831. The van der Waals surface area contributed by atoms with E-state index in [9.17, 15) is 5.11 Å². The smallest absolute Gasteiger partial charge is 0.0631 e. The maximum absolute atomic E-state index is 9.43. The largest absolute Gasteiger partial charge is 0.396 e. The molecule has 16 heavy (non-hydrogen) atoms. The lowest BCUT2D eigenvalue weighted by molar-refractivity contribution is 0.0439. The van der Waals surface area contributed by atoms with Gasteiger partial charge < -0.3 is 5.11 Å². The molecule has 1 N–H and O–H groups in total. The molecule has 0 amide bonds. The van der Waals surface area contributed by atoms with Gasteiger partial charge in [0.1, 0.15) is 0 Å². The Labute approximate surface area is 97.5 Å². The Bertz CT molecular complexity index is 336. The van der Waals surface area contributed by atoms with Crippen molar-refractivity contribution in [1.82, 2.24) is 9.78 Å². The van der Waals surface area contributed by atoms with Gasteiger partial charge in [-0.05, 0) is 44.1 Å². The number of aliphatic hydroxyl groups excluding tert-OH is 1. The van der Waals surface area contributed by atoms with E-state index in [0.717, 1.165) is 31.4 Å². The first-order valence-corrected chi connectivity index (χ1v) is 6.34. The van der Waals surface area contributed by atoms with Crippen LogP contribution in [0.5, 0.6) is 0 Å². The van der Waals surface area contributed by atoms with Crippen LogP contribution >= 0.6 is 0 Å². The molecule has 1 aromatic heterocycles. The molecule has 0 radical (unpaired) electrons. The summed E-state index contributed by atoms with van der Waals surface area (Å²) in [5, 5.41) is 14.0. The van der Waals surface area contributed by atoms with Crippen molar-refractivity contribution in [3.05, 3.63) is 18.0 Å². The predicted molar refractivity (Wildman–Crippen MR) is 64.3 cm³/mol. The van der Waals surface area contributed by atoms with Crippen LogP contribution in [-0.4, -0.2) is 21.5 Å². The Morgan fingerprint density at radius 3 is 2.81 bits per heavy atom. The summed E-state index contributed by atoms with van der Waals surface area (Å²) in [4.78, 5) is 0. The molecule has 0 saturated heterocycles. The van der Waals surface area contributed by atoms with Crippen molar-refractivity contribution in [3.8, 4) is 0 Å². The zero-order chi connectivity index (χ0) is 11.6. The standard InChI is InChI=1S/C13H22N2O/c1-3-11(2)15-8-5-12(14-15)9-13(10-16)6-4-7-13/h5,8,11,16H,3-4,6-7,9-10H2,1-2H3. The third kappa shape index (κ3) is 2.14. The lowest BCUT2D eigenvalue weighted by Crippen LogP contribution is -2.35. The van der Waals surface area contributed by atoms with Crippen LogP contribution in [0.2, 0.25) is 0 Å². The topological polar surface area (TPSA) is 38.0 Å². The van der Waals surface area contributed by atoms with E-state index in [4.69, 9.17) is 0 Å². The molecule has 0 aromatic carbocycles. The highest BCUT2D eigenvalue weighted by atomic mass is 16.3. The highest BCUT2D eigenvalue weighted by molar-refractivity contribution is 5.06. The van der Waals surface area contributed by atoms with Crippen molar-refractivity contribution in [2.45, 2.75) is 52.0 Å². The SMILES string of the molecule is CCC(C)n1ccc(CC2(CO)CCC2)n1. The predicted octanol–water partition coefficient (Wildman–Crippen LogP) is 2.56. The van der Waals surface area contributed by atoms with Crippen LogP contribution in [0.25, 0.3) is 0 Å². The van der Waals surface area contributed by atoms with Crippen molar-refractivity contribution in [1.29, 1.82) is 0 Å². The zero-order valence-corrected chi connectivity index (χ0v) is 10.3. The first-order valence-electron chi connectivity index (χ1n) is 6.34. The van der Waals surface area contributed by atoms with E-state index in [-0.39, 0.29) is 5.41 Å². The maximum atomic E-state index is 9.43. The normalized spacial score (nSPS) is 20.4. The monoisotopic (exact) mass is 222 g/mol. The molecule has 0 aliphatic heterocycles. The van der Waals surface area contributed by atoms with Crippen molar-refractivity contribution < 1.29 is 5.11 Å². The van der Waals surface area contributed by atoms with Crippen molar-refractivity contribution in [2.75, 3.05) is 6.61 Å². The summed E-state index contributed by atoms with van der Waals surface area (Å²) in [7, 11) is 0. The van der Waals surface area contributed by atoms with Gasteiger partial charge >= 0.3 is 0 Å². The molecule has 1 aromatic rings. The van der Waals surface area contributed by atoms with Gasteiger partial charge in [-0.25, -0.2) is 0 Å². The van der Waals surface area contributed by atoms with Gasteiger partial charge in [0.25, 0.3) is 0 Å².